The number of nitrogens with zero attached hydrogens (tertiary/aromatic N) is 1. The number of hydrogen-bond donors (Lipinski definition) is 3. The second-order valence-electron chi connectivity index (χ2n) is 4.74. The Morgan fingerprint density at radius 3 is 3.00 bits per heavy atom. The smallest absolute Gasteiger partial charge is 0.326 e. The van der Waals surface area contributed by atoms with Crippen molar-refractivity contribution < 1.29 is 19.4 Å². The van der Waals surface area contributed by atoms with Gasteiger partial charge < -0.3 is 20.1 Å². The lowest BCUT2D eigenvalue weighted by molar-refractivity contribution is -0.144. The number of amides is 1. The molecule has 7 heteroatoms. The zero-order valence-electron chi connectivity index (χ0n) is 10.6. The molecule has 1 amide bonds. The number of aliphatic carboxylic acids is 1. The highest BCUT2D eigenvalue weighted by molar-refractivity contribution is 5.86. The van der Waals surface area contributed by atoms with E-state index in [0.29, 0.717) is 12.3 Å². The lowest BCUT2D eigenvalue weighted by atomic mass is 10.0. The Bertz CT molecular complexity index is 446. The minimum absolute atomic E-state index is 0.113. The van der Waals surface area contributed by atoms with Gasteiger partial charge in [-0.25, -0.2) is 9.78 Å². The molecule has 2 rings (SSSR count). The number of H-pyrrole nitrogens is 1. The van der Waals surface area contributed by atoms with Gasteiger partial charge in [0.1, 0.15) is 12.1 Å². The lowest BCUT2D eigenvalue weighted by Crippen LogP contribution is -2.47. The predicted molar refractivity (Wildman–Crippen MR) is 65.4 cm³/mol. The summed E-state index contributed by atoms with van der Waals surface area (Å²) in [6.45, 7) is 2.46. The quantitative estimate of drug-likeness (QED) is 0.693. The molecule has 1 saturated heterocycles. The van der Waals surface area contributed by atoms with Crippen molar-refractivity contribution in [2.45, 2.75) is 31.9 Å². The zero-order valence-corrected chi connectivity index (χ0v) is 10.6. The topological polar surface area (TPSA) is 104 Å². The van der Waals surface area contributed by atoms with Gasteiger partial charge in [-0.2, -0.15) is 0 Å². The highest BCUT2D eigenvalue weighted by atomic mass is 16.5. The minimum atomic E-state index is -1.08. The predicted octanol–water partition coefficient (Wildman–Crippen LogP) is -0.0534. The third kappa shape index (κ3) is 3.31. The highest BCUT2D eigenvalue weighted by Crippen LogP contribution is 2.20. The van der Waals surface area contributed by atoms with E-state index in [-0.39, 0.29) is 18.2 Å². The van der Waals surface area contributed by atoms with Gasteiger partial charge in [-0.15, -0.1) is 0 Å². The zero-order chi connectivity index (χ0) is 13.8. The Morgan fingerprint density at radius 1 is 1.68 bits per heavy atom. The first-order chi connectivity index (χ1) is 9.08. The van der Waals surface area contributed by atoms with Crippen LogP contribution in [0.2, 0.25) is 0 Å². The van der Waals surface area contributed by atoms with Gasteiger partial charge >= 0.3 is 5.97 Å². The van der Waals surface area contributed by atoms with Crippen LogP contribution in [0.4, 0.5) is 0 Å². The molecule has 3 N–H and O–H groups in total. The second kappa shape index (κ2) is 5.83. The van der Waals surface area contributed by atoms with E-state index in [4.69, 9.17) is 9.84 Å². The van der Waals surface area contributed by atoms with E-state index in [0.717, 1.165) is 6.42 Å². The molecule has 1 aromatic heterocycles. The number of carboxylic acids is 1. The molecule has 2 unspecified atom stereocenters. The molecule has 0 bridgehead atoms. The number of ether oxygens (including phenoxy) is 1. The van der Waals surface area contributed by atoms with Crippen LogP contribution >= 0.6 is 0 Å². The van der Waals surface area contributed by atoms with Crippen molar-refractivity contribution in [3.05, 3.63) is 18.2 Å². The maximum Gasteiger partial charge on any atom is 0.326 e. The number of carbonyl (C=O) groups is 2. The number of aromatic nitrogens is 2. The summed E-state index contributed by atoms with van der Waals surface area (Å²) in [5.74, 6) is -1.33. The van der Waals surface area contributed by atoms with Crippen molar-refractivity contribution in [2.24, 2.45) is 5.92 Å². The van der Waals surface area contributed by atoms with Crippen LogP contribution in [0.15, 0.2) is 12.5 Å². The number of imidazole rings is 1. The Kier molecular flexibility index (Phi) is 4.16. The van der Waals surface area contributed by atoms with E-state index in [9.17, 15) is 9.59 Å². The Morgan fingerprint density at radius 2 is 2.47 bits per heavy atom. The SMILES string of the molecule is CC1CCOC1C(=O)N[C@@H](Cc1cnc[nH]1)C(=O)O. The summed E-state index contributed by atoms with van der Waals surface area (Å²) in [5, 5.41) is 11.7. The second-order valence-corrected chi connectivity index (χ2v) is 4.74. The van der Waals surface area contributed by atoms with E-state index < -0.39 is 18.1 Å². The fourth-order valence-electron chi connectivity index (χ4n) is 2.10. The normalized spacial score (nSPS) is 24.1. The Labute approximate surface area is 110 Å². The molecule has 1 aliphatic rings. The first kappa shape index (κ1) is 13.5. The number of nitrogens with one attached hydrogen (secondary N) is 2. The Hall–Kier alpha value is -1.89. The molecule has 3 atom stereocenters. The van der Waals surface area contributed by atoms with Crippen LogP contribution in [-0.4, -0.2) is 45.7 Å². The molecule has 0 aliphatic carbocycles. The monoisotopic (exact) mass is 267 g/mol. The molecule has 0 saturated carbocycles. The summed E-state index contributed by atoms with van der Waals surface area (Å²) < 4.78 is 5.32. The van der Waals surface area contributed by atoms with Crippen molar-refractivity contribution in [3.63, 3.8) is 0 Å². The van der Waals surface area contributed by atoms with Crippen LogP contribution in [0.3, 0.4) is 0 Å². The van der Waals surface area contributed by atoms with Gasteiger partial charge in [-0.1, -0.05) is 6.92 Å². The van der Waals surface area contributed by atoms with E-state index in [1.165, 1.54) is 12.5 Å². The molecule has 0 aromatic carbocycles. The minimum Gasteiger partial charge on any atom is -0.480 e. The van der Waals surface area contributed by atoms with Crippen LogP contribution in [0.1, 0.15) is 19.0 Å². The first-order valence-corrected chi connectivity index (χ1v) is 6.20. The standard InChI is InChI=1S/C12H17N3O4/c1-7-2-3-19-10(7)11(16)15-9(12(17)18)4-8-5-13-6-14-8/h5-7,9-10H,2-4H2,1H3,(H,13,14)(H,15,16)(H,17,18)/t7?,9-,10?/m0/s1. The van der Waals surface area contributed by atoms with Gasteiger partial charge in [0.25, 0.3) is 0 Å². The molecular formula is C12H17N3O4. The van der Waals surface area contributed by atoms with Crippen molar-refractivity contribution in [1.82, 2.24) is 15.3 Å². The average molecular weight is 267 g/mol. The fourth-order valence-corrected chi connectivity index (χ4v) is 2.10. The summed E-state index contributed by atoms with van der Waals surface area (Å²) in [7, 11) is 0. The molecular weight excluding hydrogens is 250 g/mol. The van der Waals surface area contributed by atoms with Gasteiger partial charge in [0.2, 0.25) is 5.91 Å². The van der Waals surface area contributed by atoms with Gasteiger partial charge in [0, 0.05) is 24.9 Å². The lowest BCUT2D eigenvalue weighted by Gasteiger charge is -2.18. The molecule has 19 heavy (non-hydrogen) atoms. The molecule has 7 nitrogen and oxygen atoms in total. The molecule has 1 aliphatic heterocycles. The van der Waals surface area contributed by atoms with Crippen LogP contribution in [0.5, 0.6) is 0 Å². The van der Waals surface area contributed by atoms with E-state index in [2.05, 4.69) is 15.3 Å². The van der Waals surface area contributed by atoms with E-state index in [1.807, 2.05) is 6.92 Å². The number of carbonyl (C=O) groups excluding carboxylic acids is 1. The molecule has 1 fully saturated rings. The summed E-state index contributed by atoms with van der Waals surface area (Å²) in [5.41, 5.74) is 0.660. The molecule has 0 spiro atoms. The van der Waals surface area contributed by atoms with Crippen LogP contribution < -0.4 is 5.32 Å². The van der Waals surface area contributed by atoms with Crippen LogP contribution in [0, 0.1) is 5.92 Å². The number of hydrogen-bond acceptors (Lipinski definition) is 4. The van der Waals surface area contributed by atoms with Crippen molar-refractivity contribution in [2.75, 3.05) is 6.61 Å². The third-order valence-corrected chi connectivity index (χ3v) is 3.24. The Balaban J connectivity index is 1.96. The highest BCUT2D eigenvalue weighted by Gasteiger charge is 2.33. The average Bonchev–Trinajstić information content (AvgIpc) is 2.99. The fraction of sp³-hybridized carbons (Fsp3) is 0.583. The maximum atomic E-state index is 12.0. The van der Waals surface area contributed by atoms with Crippen molar-refractivity contribution in [1.29, 1.82) is 0 Å². The summed E-state index contributed by atoms with van der Waals surface area (Å²) >= 11 is 0. The van der Waals surface area contributed by atoms with Gasteiger partial charge in [-0.05, 0) is 12.3 Å². The third-order valence-electron chi connectivity index (χ3n) is 3.24. The number of rotatable bonds is 5. The van der Waals surface area contributed by atoms with Crippen LogP contribution in [-0.2, 0) is 20.7 Å². The van der Waals surface area contributed by atoms with E-state index in [1.54, 1.807) is 0 Å². The summed E-state index contributed by atoms with van der Waals surface area (Å²) in [6.07, 6.45) is 3.44. The molecule has 104 valence electrons. The van der Waals surface area contributed by atoms with Crippen molar-refractivity contribution in [3.8, 4) is 0 Å². The molecule has 1 aromatic rings. The molecule has 0 radical (unpaired) electrons. The summed E-state index contributed by atoms with van der Waals surface area (Å²) in [6, 6.07) is -0.982. The van der Waals surface area contributed by atoms with E-state index >= 15 is 0 Å². The van der Waals surface area contributed by atoms with Gasteiger partial charge in [0.15, 0.2) is 0 Å². The van der Waals surface area contributed by atoms with Crippen LogP contribution in [0.25, 0.3) is 0 Å². The van der Waals surface area contributed by atoms with Crippen molar-refractivity contribution >= 4 is 11.9 Å². The number of aromatic amines is 1. The van der Waals surface area contributed by atoms with Gasteiger partial charge in [0.05, 0.1) is 6.33 Å². The number of carboxylic acid groups (broad SMARTS) is 1. The van der Waals surface area contributed by atoms with Gasteiger partial charge in [-0.3, -0.25) is 4.79 Å². The maximum absolute atomic E-state index is 12.0. The summed E-state index contributed by atoms with van der Waals surface area (Å²) in [4.78, 5) is 29.8. The first-order valence-electron chi connectivity index (χ1n) is 6.20. The molecule has 2 heterocycles. The largest absolute Gasteiger partial charge is 0.480 e.